The van der Waals surface area contributed by atoms with Gasteiger partial charge in [0.15, 0.2) is 5.96 Å². The van der Waals surface area contributed by atoms with Crippen LogP contribution in [-0.4, -0.2) is 36.4 Å². The Balaban J connectivity index is 1.71. The number of aliphatic imine (C=N–C) groups is 1. The molecule has 2 aliphatic rings. The summed E-state index contributed by atoms with van der Waals surface area (Å²) >= 11 is 0. The van der Waals surface area contributed by atoms with Crippen LogP contribution in [0, 0.1) is 0 Å². The third kappa shape index (κ3) is 4.46. The van der Waals surface area contributed by atoms with Crippen LogP contribution in [0.5, 0.6) is 5.75 Å². The maximum absolute atomic E-state index is 10.3. The summed E-state index contributed by atoms with van der Waals surface area (Å²) in [6, 6.07) is 3.89. The average molecular weight is 345 g/mol. The van der Waals surface area contributed by atoms with Crippen molar-refractivity contribution in [1.82, 2.24) is 10.6 Å². The van der Waals surface area contributed by atoms with E-state index in [1.807, 2.05) is 6.07 Å². The molecular weight excluding hydrogens is 314 g/mol. The molecule has 0 saturated carbocycles. The van der Waals surface area contributed by atoms with Crippen molar-refractivity contribution in [2.75, 3.05) is 19.7 Å². The molecule has 1 aliphatic carbocycles. The van der Waals surface area contributed by atoms with Crippen LogP contribution in [0.25, 0.3) is 0 Å². The fourth-order valence-electron chi connectivity index (χ4n) is 3.82. The molecule has 1 saturated heterocycles. The van der Waals surface area contributed by atoms with Crippen molar-refractivity contribution in [2.45, 2.75) is 64.5 Å². The molecular formula is C20H31N3O2. The molecule has 5 nitrogen and oxygen atoms in total. The van der Waals surface area contributed by atoms with Gasteiger partial charge in [0.2, 0.25) is 0 Å². The van der Waals surface area contributed by atoms with E-state index < -0.39 is 0 Å². The van der Waals surface area contributed by atoms with E-state index in [4.69, 9.17) is 9.73 Å². The molecule has 1 heterocycles. The second kappa shape index (κ2) is 8.09. The number of nitrogens with one attached hydrogen (secondary N) is 2. The molecule has 5 heteroatoms. The summed E-state index contributed by atoms with van der Waals surface area (Å²) in [6.45, 7) is 7.11. The first-order valence-corrected chi connectivity index (χ1v) is 9.60. The van der Waals surface area contributed by atoms with Crippen molar-refractivity contribution in [2.24, 2.45) is 4.99 Å². The van der Waals surface area contributed by atoms with E-state index in [1.54, 1.807) is 0 Å². The van der Waals surface area contributed by atoms with Crippen LogP contribution < -0.4 is 10.6 Å². The molecule has 1 atom stereocenters. The van der Waals surface area contributed by atoms with Gasteiger partial charge in [-0.3, -0.25) is 0 Å². The van der Waals surface area contributed by atoms with Gasteiger partial charge < -0.3 is 20.5 Å². The summed E-state index contributed by atoms with van der Waals surface area (Å²) in [5, 5.41) is 17.0. The van der Waals surface area contributed by atoms with Gasteiger partial charge in [-0.15, -0.1) is 0 Å². The number of phenols is 1. The van der Waals surface area contributed by atoms with E-state index in [9.17, 15) is 5.11 Å². The molecule has 1 aromatic rings. The molecule has 25 heavy (non-hydrogen) atoms. The van der Waals surface area contributed by atoms with Crippen LogP contribution in [0.4, 0.5) is 0 Å². The Bertz CT molecular complexity index is 622. The lowest BCUT2D eigenvalue weighted by molar-refractivity contribution is 0.0243. The molecule has 138 valence electrons. The van der Waals surface area contributed by atoms with Crippen LogP contribution in [-0.2, 0) is 24.1 Å². The standard InChI is InChI=1S/C20H31N3O2/c1-3-21-19(23-14-20(2)11-6-12-25-20)22-13-17-16-8-5-4-7-15(16)9-10-18(17)24/h9-10,24H,3-8,11-14H2,1-2H3,(H2,21,22,23). The van der Waals surface area contributed by atoms with Gasteiger partial charge in [-0.05, 0) is 69.6 Å². The van der Waals surface area contributed by atoms with Gasteiger partial charge in [-0.1, -0.05) is 6.07 Å². The monoisotopic (exact) mass is 345 g/mol. The summed E-state index contributed by atoms with van der Waals surface area (Å²) in [5.74, 6) is 1.15. The normalized spacial score (nSPS) is 23.4. The van der Waals surface area contributed by atoms with Crippen LogP contribution >= 0.6 is 0 Å². The number of ether oxygens (including phenoxy) is 1. The molecule has 0 amide bonds. The fourth-order valence-corrected chi connectivity index (χ4v) is 3.82. The summed E-state index contributed by atoms with van der Waals surface area (Å²) < 4.78 is 5.84. The Morgan fingerprint density at radius 3 is 2.84 bits per heavy atom. The lowest BCUT2D eigenvalue weighted by atomic mass is 9.88. The SMILES string of the molecule is CCNC(=NCc1c(O)ccc2c1CCCC2)NCC1(C)CCCO1. The second-order valence-corrected chi connectivity index (χ2v) is 7.36. The molecule has 0 spiro atoms. The van der Waals surface area contributed by atoms with E-state index in [-0.39, 0.29) is 5.60 Å². The number of rotatable bonds is 5. The van der Waals surface area contributed by atoms with Crippen LogP contribution in [0.1, 0.15) is 56.2 Å². The predicted octanol–water partition coefficient (Wildman–Crippen LogP) is 2.90. The lowest BCUT2D eigenvalue weighted by Gasteiger charge is -2.25. The first-order valence-electron chi connectivity index (χ1n) is 9.60. The summed E-state index contributed by atoms with van der Waals surface area (Å²) in [4.78, 5) is 4.72. The molecule has 1 aliphatic heterocycles. The van der Waals surface area contributed by atoms with Crippen LogP contribution in [0.2, 0.25) is 0 Å². The molecule has 1 unspecified atom stereocenters. The Morgan fingerprint density at radius 1 is 1.24 bits per heavy atom. The van der Waals surface area contributed by atoms with Gasteiger partial charge in [0, 0.05) is 25.3 Å². The summed E-state index contributed by atoms with van der Waals surface area (Å²) in [7, 11) is 0. The van der Waals surface area contributed by atoms with Crippen molar-refractivity contribution in [3.05, 3.63) is 28.8 Å². The number of nitrogens with zero attached hydrogens (tertiary/aromatic N) is 1. The van der Waals surface area contributed by atoms with Crippen molar-refractivity contribution in [3.8, 4) is 5.75 Å². The second-order valence-electron chi connectivity index (χ2n) is 7.36. The van der Waals surface area contributed by atoms with E-state index in [1.165, 1.54) is 24.0 Å². The van der Waals surface area contributed by atoms with Crippen molar-refractivity contribution >= 4 is 5.96 Å². The number of aryl methyl sites for hydroxylation is 1. The number of aromatic hydroxyl groups is 1. The summed E-state index contributed by atoms with van der Waals surface area (Å²) in [6.07, 6.45) is 6.79. The van der Waals surface area contributed by atoms with Gasteiger partial charge in [0.05, 0.1) is 12.1 Å². The van der Waals surface area contributed by atoms with Gasteiger partial charge in [-0.2, -0.15) is 0 Å². The minimum absolute atomic E-state index is 0.107. The minimum Gasteiger partial charge on any atom is -0.508 e. The predicted molar refractivity (Wildman–Crippen MR) is 101 cm³/mol. The molecule has 3 rings (SSSR count). The Morgan fingerprint density at radius 2 is 2.08 bits per heavy atom. The Kier molecular flexibility index (Phi) is 5.84. The van der Waals surface area contributed by atoms with E-state index >= 15 is 0 Å². The Labute approximate surface area is 150 Å². The third-order valence-electron chi connectivity index (χ3n) is 5.30. The molecule has 0 radical (unpaired) electrons. The van der Waals surface area contributed by atoms with E-state index in [0.29, 0.717) is 12.3 Å². The largest absolute Gasteiger partial charge is 0.508 e. The smallest absolute Gasteiger partial charge is 0.191 e. The molecule has 0 aromatic heterocycles. The quantitative estimate of drug-likeness (QED) is 0.567. The fraction of sp³-hybridized carbons (Fsp3) is 0.650. The van der Waals surface area contributed by atoms with Gasteiger partial charge in [0.25, 0.3) is 0 Å². The zero-order chi connectivity index (χ0) is 17.7. The summed E-state index contributed by atoms with van der Waals surface area (Å²) in [5.41, 5.74) is 3.55. The topological polar surface area (TPSA) is 65.9 Å². The van der Waals surface area contributed by atoms with Gasteiger partial charge >= 0.3 is 0 Å². The van der Waals surface area contributed by atoms with Crippen LogP contribution in [0.3, 0.4) is 0 Å². The lowest BCUT2D eigenvalue weighted by Crippen LogP contribution is -2.45. The minimum atomic E-state index is -0.107. The van der Waals surface area contributed by atoms with E-state index in [0.717, 1.165) is 56.9 Å². The highest BCUT2D eigenvalue weighted by molar-refractivity contribution is 5.79. The number of phenolic OH excluding ortho intramolecular Hbond substituents is 1. The van der Waals surface area contributed by atoms with Crippen molar-refractivity contribution in [3.63, 3.8) is 0 Å². The number of hydrogen-bond acceptors (Lipinski definition) is 3. The highest BCUT2D eigenvalue weighted by atomic mass is 16.5. The van der Waals surface area contributed by atoms with Gasteiger partial charge in [0.1, 0.15) is 5.75 Å². The highest BCUT2D eigenvalue weighted by Gasteiger charge is 2.29. The van der Waals surface area contributed by atoms with Crippen molar-refractivity contribution < 1.29 is 9.84 Å². The zero-order valence-corrected chi connectivity index (χ0v) is 15.5. The molecule has 1 aromatic carbocycles. The van der Waals surface area contributed by atoms with Gasteiger partial charge in [-0.25, -0.2) is 4.99 Å². The van der Waals surface area contributed by atoms with Crippen LogP contribution in [0.15, 0.2) is 17.1 Å². The number of benzene rings is 1. The Hall–Kier alpha value is -1.75. The third-order valence-corrected chi connectivity index (χ3v) is 5.30. The molecule has 1 fully saturated rings. The van der Waals surface area contributed by atoms with E-state index in [2.05, 4.69) is 30.5 Å². The molecule has 3 N–H and O–H groups in total. The zero-order valence-electron chi connectivity index (χ0n) is 15.5. The highest BCUT2D eigenvalue weighted by Crippen LogP contribution is 2.31. The maximum atomic E-state index is 10.3. The maximum Gasteiger partial charge on any atom is 0.191 e. The molecule has 0 bridgehead atoms. The number of hydrogen-bond donors (Lipinski definition) is 3. The average Bonchev–Trinajstić information content (AvgIpc) is 3.05. The number of guanidine groups is 1. The first kappa shape index (κ1) is 18.1. The number of fused-ring (bicyclic) bond motifs is 1. The van der Waals surface area contributed by atoms with Crippen molar-refractivity contribution in [1.29, 1.82) is 0 Å². The first-order chi connectivity index (χ1) is 12.1.